The molecule has 1 amide bonds. The van der Waals surface area contributed by atoms with Gasteiger partial charge in [0.1, 0.15) is 5.82 Å². The van der Waals surface area contributed by atoms with Crippen molar-refractivity contribution in [2.75, 3.05) is 12.8 Å². The van der Waals surface area contributed by atoms with Gasteiger partial charge < -0.3 is 15.6 Å². The molecule has 0 saturated carbocycles. The summed E-state index contributed by atoms with van der Waals surface area (Å²) in [5.41, 5.74) is 7.90. The SMILES string of the molecule is Cc1cccc(C(=O)N(C)Cc2ncc[nH]2)c1N. The van der Waals surface area contributed by atoms with E-state index in [0.29, 0.717) is 17.8 Å². The number of aromatic nitrogens is 2. The molecule has 94 valence electrons. The molecular weight excluding hydrogens is 228 g/mol. The number of amides is 1. The zero-order valence-electron chi connectivity index (χ0n) is 10.5. The fraction of sp³-hybridized carbons (Fsp3) is 0.231. The summed E-state index contributed by atoms with van der Waals surface area (Å²) in [5.74, 6) is 0.643. The third-order valence-corrected chi connectivity index (χ3v) is 2.84. The number of para-hydroxylation sites is 1. The smallest absolute Gasteiger partial charge is 0.256 e. The molecule has 0 atom stereocenters. The highest BCUT2D eigenvalue weighted by atomic mass is 16.2. The first-order valence-corrected chi connectivity index (χ1v) is 5.68. The van der Waals surface area contributed by atoms with Crippen LogP contribution in [0.5, 0.6) is 0 Å². The fourth-order valence-corrected chi connectivity index (χ4v) is 1.75. The van der Waals surface area contributed by atoms with E-state index in [4.69, 9.17) is 5.73 Å². The summed E-state index contributed by atoms with van der Waals surface area (Å²) in [4.78, 5) is 20.9. The molecule has 1 aromatic carbocycles. The Balaban J connectivity index is 2.18. The third kappa shape index (κ3) is 2.34. The Hall–Kier alpha value is -2.30. The van der Waals surface area contributed by atoms with Gasteiger partial charge in [0, 0.05) is 25.1 Å². The minimum Gasteiger partial charge on any atom is -0.398 e. The van der Waals surface area contributed by atoms with Gasteiger partial charge in [0.2, 0.25) is 0 Å². The van der Waals surface area contributed by atoms with Crippen molar-refractivity contribution < 1.29 is 4.79 Å². The molecule has 1 heterocycles. The van der Waals surface area contributed by atoms with E-state index in [0.717, 1.165) is 11.4 Å². The van der Waals surface area contributed by atoms with Gasteiger partial charge >= 0.3 is 0 Å². The monoisotopic (exact) mass is 244 g/mol. The number of carbonyl (C=O) groups is 1. The normalized spacial score (nSPS) is 10.3. The Morgan fingerprint density at radius 1 is 1.50 bits per heavy atom. The van der Waals surface area contributed by atoms with Crippen LogP contribution in [-0.2, 0) is 6.54 Å². The molecule has 18 heavy (non-hydrogen) atoms. The molecule has 5 nitrogen and oxygen atoms in total. The summed E-state index contributed by atoms with van der Waals surface area (Å²) in [6.45, 7) is 2.32. The van der Waals surface area contributed by atoms with Gasteiger partial charge in [-0.15, -0.1) is 0 Å². The molecule has 0 spiro atoms. The first kappa shape index (κ1) is 12.2. The van der Waals surface area contributed by atoms with E-state index in [9.17, 15) is 4.79 Å². The van der Waals surface area contributed by atoms with Crippen LogP contribution in [0.2, 0.25) is 0 Å². The van der Waals surface area contributed by atoms with Gasteiger partial charge in [0.15, 0.2) is 0 Å². The summed E-state index contributed by atoms with van der Waals surface area (Å²) < 4.78 is 0. The maximum Gasteiger partial charge on any atom is 0.256 e. The second-order valence-electron chi connectivity index (χ2n) is 4.23. The standard InChI is InChI=1S/C13H16N4O/c1-9-4-3-5-10(12(9)14)13(18)17(2)8-11-15-6-7-16-11/h3-7H,8,14H2,1-2H3,(H,15,16). The average molecular weight is 244 g/mol. The van der Waals surface area contributed by atoms with E-state index >= 15 is 0 Å². The molecule has 0 fully saturated rings. The fourth-order valence-electron chi connectivity index (χ4n) is 1.75. The molecule has 0 radical (unpaired) electrons. The van der Waals surface area contributed by atoms with Crippen molar-refractivity contribution in [2.24, 2.45) is 0 Å². The van der Waals surface area contributed by atoms with E-state index in [2.05, 4.69) is 9.97 Å². The predicted octanol–water partition coefficient (Wildman–Crippen LogP) is 1.57. The van der Waals surface area contributed by atoms with Crippen molar-refractivity contribution in [3.8, 4) is 0 Å². The number of hydrogen-bond donors (Lipinski definition) is 2. The zero-order valence-corrected chi connectivity index (χ0v) is 10.5. The largest absolute Gasteiger partial charge is 0.398 e. The minimum atomic E-state index is -0.104. The van der Waals surface area contributed by atoms with Gasteiger partial charge in [-0.25, -0.2) is 4.98 Å². The summed E-state index contributed by atoms with van der Waals surface area (Å²) in [7, 11) is 1.73. The Kier molecular flexibility index (Phi) is 3.32. The number of nitrogens with zero attached hydrogens (tertiary/aromatic N) is 2. The molecule has 3 N–H and O–H groups in total. The Bertz CT molecular complexity index is 548. The van der Waals surface area contributed by atoms with Crippen molar-refractivity contribution >= 4 is 11.6 Å². The summed E-state index contributed by atoms with van der Waals surface area (Å²) in [6.07, 6.45) is 3.39. The maximum absolute atomic E-state index is 12.2. The van der Waals surface area contributed by atoms with E-state index in [1.807, 2.05) is 19.1 Å². The van der Waals surface area contributed by atoms with Crippen molar-refractivity contribution in [3.63, 3.8) is 0 Å². The summed E-state index contributed by atoms with van der Waals surface area (Å²) in [5, 5.41) is 0. The lowest BCUT2D eigenvalue weighted by molar-refractivity contribution is 0.0783. The number of hydrogen-bond acceptors (Lipinski definition) is 3. The first-order valence-electron chi connectivity index (χ1n) is 5.68. The van der Waals surface area contributed by atoms with Crippen molar-refractivity contribution in [3.05, 3.63) is 47.5 Å². The van der Waals surface area contributed by atoms with Gasteiger partial charge in [-0.2, -0.15) is 0 Å². The van der Waals surface area contributed by atoms with Crippen LogP contribution in [0.1, 0.15) is 21.7 Å². The van der Waals surface area contributed by atoms with E-state index in [1.165, 1.54) is 0 Å². The molecule has 0 aliphatic carbocycles. The topological polar surface area (TPSA) is 75.0 Å². The minimum absolute atomic E-state index is 0.104. The van der Waals surface area contributed by atoms with Gasteiger partial charge in [0.25, 0.3) is 5.91 Å². The number of nitrogens with two attached hydrogens (primary N) is 1. The van der Waals surface area contributed by atoms with Crippen LogP contribution >= 0.6 is 0 Å². The van der Waals surface area contributed by atoms with Gasteiger partial charge in [-0.1, -0.05) is 12.1 Å². The van der Waals surface area contributed by atoms with Crippen LogP contribution in [0, 0.1) is 6.92 Å². The quantitative estimate of drug-likeness (QED) is 0.805. The highest BCUT2D eigenvalue weighted by Gasteiger charge is 2.16. The van der Waals surface area contributed by atoms with Crippen molar-refractivity contribution in [1.82, 2.24) is 14.9 Å². The number of aryl methyl sites for hydroxylation is 1. The Morgan fingerprint density at radius 3 is 2.94 bits per heavy atom. The van der Waals surface area contributed by atoms with Crippen LogP contribution in [0.3, 0.4) is 0 Å². The van der Waals surface area contributed by atoms with Gasteiger partial charge in [-0.3, -0.25) is 4.79 Å². The molecule has 0 aliphatic rings. The molecule has 0 saturated heterocycles. The van der Waals surface area contributed by atoms with Gasteiger partial charge in [-0.05, 0) is 18.6 Å². The second-order valence-corrected chi connectivity index (χ2v) is 4.23. The van der Waals surface area contributed by atoms with Crippen molar-refractivity contribution in [1.29, 1.82) is 0 Å². The van der Waals surface area contributed by atoms with Crippen LogP contribution in [0.15, 0.2) is 30.6 Å². The number of imidazole rings is 1. The van der Waals surface area contributed by atoms with E-state index in [-0.39, 0.29) is 5.91 Å². The average Bonchev–Trinajstić information content (AvgIpc) is 2.84. The lowest BCUT2D eigenvalue weighted by Gasteiger charge is -2.17. The lowest BCUT2D eigenvalue weighted by Crippen LogP contribution is -2.27. The predicted molar refractivity (Wildman–Crippen MR) is 70.0 cm³/mol. The molecular formula is C13H16N4O. The molecule has 2 rings (SSSR count). The number of aromatic amines is 1. The summed E-state index contributed by atoms with van der Waals surface area (Å²) in [6, 6.07) is 5.46. The lowest BCUT2D eigenvalue weighted by atomic mass is 10.1. The number of anilines is 1. The number of carbonyl (C=O) groups excluding carboxylic acids is 1. The molecule has 1 aromatic heterocycles. The number of nitrogen functional groups attached to an aromatic ring is 1. The van der Waals surface area contributed by atoms with Crippen LogP contribution in [0.25, 0.3) is 0 Å². The van der Waals surface area contributed by atoms with E-state index < -0.39 is 0 Å². The van der Waals surface area contributed by atoms with Crippen LogP contribution in [0.4, 0.5) is 5.69 Å². The number of nitrogens with one attached hydrogen (secondary N) is 1. The Labute approximate surface area is 106 Å². The number of benzene rings is 1. The highest BCUT2D eigenvalue weighted by molar-refractivity contribution is 5.99. The molecule has 0 bridgehead atoms. The van der Waals surface area contributed by atoms with Gasteiger partial charge in [0.05, 0.1) is 12.1 Å². The highest BCUT2D eigenvalue weighted by Crippen LogP contribution is 2.18. The molecule has 5 heteroatoms. The van der Waals surface area contributed by atoms with E-state index in [1.54, 1.807) is 30.4 Å². The summed E-state index contributed by atoms with van der Waals surface area (Å²) >= 11 is 0. The van der Waals surface area contributed by atoms with Crippen molar-refractivity contribution in [2.45, 2.75) is 13.5 Å². The van der Waals surface area contributed by atoms with Crippen LogP contribution < -0.4 is 5.73 Å². The van der Waals surface area contributed by atoms with Crippen LogP contribution in [-0.4, -0.2) is 27.8 Å². The number of H-pyrrole nitrogens is 1. The molecule has 2 aromatic rings. The molecule has 0 aliphatic heterocycles. The third-order valence-electron chi connectivity index (χ3n) is 2.84. The molecule has 0 unspecified atom stereocenters. The maximum atomic E-state index is 12.2. The number of rotatable bonds is 3. The Morgan fingerprint density at radius 2 is 2.28 bits per heavy atom. The first-order chi connectivity index (χ1) is 8.59. The second kappa shape index (κ2) is 4.91. The zero-order chi connectivity index (χ0) is 13.1.